The smallest absolute Gasteiger partial charge is 0.0817 e. The second-order valence-corrected chi connectivity index (χ2v) is 4.05. The van der Waals surface area contributed by atoms with Crippen LogP contribution in [0.3, 0.4) is 0 Å². The summed E-state index contributed by atoms with van der Waals surface area (Å²) in [6, 6.07) is 0. The van der Waals surface area contributed by atoms with E-state index in [9.17, 15) is 0 Å². The zero-order valence-corrected chi connectivity index (χ0v) is 9.87. The monoisotopic (exact) mass is 232 g/mol. The topological polar surface area (TPSA) is 47.3 Å². The fraction of sp³-hybridized carbons (Fsp3) is 0.700. The Kier molecular flexibility index (Phi) is 5.08. The van der Waals surface area contributed by atoms with Crippen molar-refractivity contribution in [2.75, 3.05) is 20.3 Å². The van der Waals surface area contributed by atoms with Crippen molar-refractivity contribution >= 4 is 11.6 Å². The van der Waals surface area contributed by atoms with Gasteiger partial charge in [-0.2, -0.15) is 5.10 Å². The van der Waals surface area contributed by atoms with Gasteiger partial charge in [-0.25, -0.2) is 0 Å². The van der Waals surface area contributed by atoms with Crippen molar-refractivity contribution in [1.29, 1.82) is 0 Å². The van der Waals surface area contributed by atoms with Crippen molar-refractivity contribution < 1.29 is 9.84 Å². The maximum atomic E-state index is 8.99. The highest BCUT2D eigenvalue weighted by atomic mass is 35.5. The molecule has 0 aromatic carbocycles. The van der Waals surface area contributed by atoms with Crippen LogP contribution in [0.1, 0.15) is 12.6 Å². The summed E-state index contributed by atoms with van der Waals surface area (Å²) in [5.41, 5.74) is 0.968. The zero-order valence-electron chi connectivity index (χ0n) is 9.11. The van der Waals surface area contributed by atoms with E-state index in [-0.39, 0.29) is 12.5 Å². The van der Waals surface area contributed by atoms with Crippen LogP contribution in [0.15, 0.2) is 6.20 Å². The minimum atomic E-state index is 0.159. The SMILES string of the molecule is COCCn1ncc(Cl)c1CC(C)CO. The molecule has 1 aromatic rings. The number of rotatable bonds is 6. The van der Waals surface area contributed by atoms with Crippen LogP contribution in [0.25, 0.3) is 0 Å². The Morgan fingerprint density at radius 2 is 2.40 bits per heavy atom. The molecule has 1 N–H and O–H groups in total. The molecule has 15 heavy (non-hydrogen) atoms. The molecule has 1 heterocycles. The van der Waals surface area contributed by atoms with Crippen LogP contribution in [-0.4, -0.2) is 35.2 Å². The molecule has 0 fully saturated rings. The normalized spacial score (nSPS) is 13.1. The molecule has 1 atom stereocenters. The Morgan fingerprint density at radius 1 is 1.67 bits per heavy atom. The highest BCUT2D eigenvalue weighted by Crippen LogP contribution is 2.18. The molecule has 0 saturated heterocycles. The molecule has 1 rings (SSSR count). The third kappa shape index (κ3) is 3.48. The van der Waals surface area contributed by atoms with Gasteiger partial charge in [-0.15, -0.1) is 0 Å². The van der Waals surface area contributed by atoms with Crippen molar-refractivity contribution in [3.8, 4) is 0 Å². The lowest BCUT2D eigenvalue weighted by molar-refractivity contribution is 0.181. The van der Waals surface area contributed by atoms with Crippen LogP contribution in [0.4, 0.5) is 0 Å². The Bertz CT molecular complexity index is 302. The molecule has 1 unspecified atom stereocenters. The standard InChI is InChI=1S/C10H17ClN2O2/c1-8(7-14)5-10-9(11)6-12-13(10)3-4-15-2/h6,8,14H,3-5,7H2,1-2H3. The first-order valence-electron chi connectivity index (χ1n) is 4.99. The van der Waals surface area contributed by atoms with Gasteiger partial charge in [-0.05, 0) is 12.3 Å². The van der Waals surface area contributed by atoms with Crippen LogP contribution < -0.4 is 0 Å². The fourth-order valence-corrected chi connectivity index (χ4v) is 1.57. The maximum absolute atomic E-state index is 8.99. The minimum absolute atomic E-state index is 0.159. The fourth-order valence-electron chi connectivity index (χ4n) is 1.36. The van der Waals surface area contributed by atoms with Gasteiger partial charge in [0, 0.05) is 13.7 Å². The molecule has 1 aromatic heterocycles. The van der Waals surface area contributed by atoms with E-state index in [1.54, 1.807) is 13.3 Å². The average molecular weight is 233 g/mol. The van der Waals surface area contributed by atoms with Gasteiger partial charge in [0.15, 0.2) is 0 Å². The van der Waals surface area contributed by atoms with Crippen LogP contribution in [0.5, 0.6) is 0 Å². The van der Waals surface area contributed by atoms with E-state index in [0.717, 1.165) is 12.1 Å². The van der Waals surface area contributed by atoms with E-state index in [0.29, 0.717) is 18.2 Å². The molecule has 0 spiro atoms. The molecule has 0 aliphatic carbocycles. The molecular weight excluding hydrogens is 216 g/mol. The first-order chi connectivity index (χ1) is 7.19. The predicted molar refractivity (Wildman–Crippen MR) is 59.1 cm³/mol. The third-order valence-electron chi connectivity index (χ3n) is 2.26. The number of halogens is 1. The van der Waals surface area contributed by atoms with Crippen molar-refractivity contribution in [3.05, 3.63) is 16.9 Å². The first kappa shape index (κ1) is 12.5. The van der Waals surface area contributed by atoms with Crippen LogP contribution >= 0.6 is 11.6 Å². The van der Waals surface area contributed by atoms with Crippen LogP contribution in [-0.2, 0) is 17.7 Å². The molecule has 86 valence electrons. The van der Waals surface area contributed by atoms with Gasteiger partial charge < -0.3 is 9.84 Å². The number of methoxy groups -OCH3 is 1. The Balaban J connectivity index is 2.70. The molecular formula is C10H17ClN2O2. The van der Waals surface area contributed by atoms with Crippen LogP contribution in [0.2, 0.25) is 5.02 Å². The third-order valence-corrected chi connectivity index (χ3v) is 2.57. The summed E-state index contributed by atoms with van der Waals surface area (Å²) in [5.74, 6) is 0.195. The Hall–Kier alpha value is -0.580. The van der Waals surface area contributed by atoms with E-state index in [2.05, 4.69) is 5.10 Å². The lowest BCUT2D eigenvalue weighted by atomic mass is 10.1. The molecule has 0 saturated carbocycles. The Morgan fingerprint density at radius 3 is 3.00 bits per heavy atom. The van der Waals surface area contributed by atoms with E-state index < -0.39 is 0 Å². The Labute approximate surface area is 94.8 Å². The van der Waals surface area contributed by atoms with Gasteiger partial charge in [0.05, 0.1) is 30.1 Å². The lowest BCUT2D eigenvalue weighted by Gasteiger charge is -2.11. The second kappa shape index (κ2) is 6.10. The van der Waals surface area contributed by atoms with Crippen molar-refractivity contribution in [3.63, 3.8) is 0 Å². The summed E-state index contributed by atoms with van der Waals surface area (Å²) < 4.78 is 6.82. The minimum Gasteiger partial charge on any atom is -0.396 e. The second-order valence-electron chi connectivity index (χ2n) is 3.65. The summed E-state index contributed by atoms with van der Waals surface area (Å²) in [4.78, 5) is 0. The number of aliphatic hydroxyl groups is 1. The maximum Gasteiger partial charge on any atom is 0.0817 e. The summed E-state index contributed by atoms with van der Waals surface area (Å²) in [5, 5.41) is 13.8. The van der Waals surface area contributed by atoms with Gasteiger partial charge in [0.2, 0.25) is 0 Å². The van der Waals surface area contributed by atoms with E-state index in [4.69, 9.17) is 21.4 Å². The molecule has 0 bridgehead atoms. The summed E-state index contributed by atoms with van der Waals surface area (Å²) in [7, 11) is 1.65. The van der Waals surface area contributed by atoms with Gasteiger partial charge in [0.25, 0.3) is 0 Å². The van der Waals surface area contributed by atoms with Crippen molar-refractivity contribution in [1.82, 2.24) is 9.78 Å². The highest BCUT2D eigenvalue weighted by molar-refractivity contribution is 6.31. The van der Waals surface area contributed by atoms with E-state index in [1.807, 2.05) is 11.6 Å². The molecule has 0 radical (unpaired) electrons. The summed E-state index contributed by atoms with van der Waals surface area (Å²) in [6.07, 6.45) is 2.37. The van der Waals surface area contributed by atoms with Gasteiger partial charge in [-0.1, -0.05) is 18.5 Å². The molecule has 4 nitrogen and oxygen atoms in total. The van der Waals surface area contributed by atoms with Gasteiger partial charge in [0.1, 0.15) is 0 Å². The van der Waals surface area contributed by atoms with Gasteiger partial charge >= 0.3 is 0 Å². The first-order valence-corrected chi connectivity index (χ1v) is 5.36. The van der Waals surface area contributed by atoms with Crippen LogP contribution in [0, 0.1) is 5.92 Å². The summed E-state index contributed by atoms with van der Waals surface area (Å²) >= 11 is 6.02. The van der Waals surface area contributed by atoms with E-state index in [1.165, 1.54) is 0 Å². The molecule has 0 aliphatic rings. The summed E-state index contributed by atoms with van der Waals surface area (Å²) in [6.45, 7) is 3.44. The number of hydrogen-bond acceptors (Lipinski definition) is 3. The highest BCUT2D eigenvalue weighted by Gasteiger charge is 2.12. The number of hydrogen-bond donors (Lipinski definition) is 1. The average Bonchev–Trinajstić information content (AvgIpc) is 2.57. The predicted octanol–water partition coefficient (Wildman–Crippen LogP) is 1.35. The molecule has 0 amide bonds. The number of ether oxygens (including phenoxy) is 1. The number of aliphatic hydroxyl groups excluding tert-OH is 1. The molecule has 5 heteroatoms. The quantitative estimate of drug-likeness (QED) is 0.806. The number of nitrogens with zero attached hydrogens (tertiary/aromatic N) is 2. The van der Waals surface area contributed by atoms with Crippen molar-refractivity contribution in [2.24, 2.45) is 5.92 Å². The molecule has 0 aliphatic heterocycles. The van der Waals surface area contributed by atoms with Crippen molar-refractivity contribution in [2.45, 2.75) is 19.9 Å². The van der Waals surface area contributed by atoms with E-state index >= 15 is 0 Å². The largest absolute Gasteiger partial charge is 0.396 e. The lowest BCUT2D eigenvalue weighted by Crippen LogP contribution is -2.13. The zero-order chi connectivity index (χ0) is 11.3. The van der Waals surface area contributed by atoms with Gasteiger partial charge in [-0.3, -0.25) is 4.68 Å². The number of aromatic nitrogens is 2.